The Morgan fingerprint density at radius 2 is 2.10 bits per heavy atom. The summed E-state index contributed by atoms with van der Waals surface area (Å²) in [5.41, 5.74) is 1.03. The van der Waals surface area contributed by atoms with Gasteiger partial charge in [0.2, 0.25) is 0 Å². The molecule has 0 atom stereocenters. The molecule has 0 amide bonds. The molecule has 0 bridgehead atoms. The number of fused-ring (bicyclic) bond motifs is 1. The van der Waals surface area contributed by atoms with Gasteiger partial charge in [0, 0.05) is 12.8 Å². The molecule has 6 nitrogen and oxygen atoms in total. The average Bonchev–Trinajstić information content (AvgIpc) is 2.81. The van der Waals surface area contributed by atoms with Gasteiger partial charge in [-0.15, -0.1) is 0 Å². The van der Waals surface area contributed by atoms with E-state index in [1.165, 1.54) is 24.4 Å². The number of rotatable bonds is 2. The topological polar surface area (TPSA) is 91.8 Å². The molecule has 0 spiro atoms. The quantitative estimate of drug-likeness (QED) is 0.826. The molecule has 0 saturated heterocycles. The van der Waals surface area contributed by atoms with Crippen LogP contribution in [0.25, 0.3) is 11.2 Å². The number of nitrogens with one attached hydrogen (secondary N) is 1. The number of carbonyl (C=O) groups is 1. The zero-order valence-electron chi connectivity index (χ0n) is 11.2. The highest BCUT2D eigenvalue weighted by Gasteiger charge is 2.34. The highest BCUT2D eigenvalue weighted by molar-refractivity contribution is 8.04. The van der Waals surface area contributed by atoms with Crippen molar-refractivity contribution in [3.8, 4) is 0 Å². The van der Waals surface area contributed by atoms with Crippen LogP contribution >= 0.6 is 11.8 Å². The minimum absolute atomic E-state index is 0.0463. The van der Waals surface area contributed by atoms with E-state index >= 15 is 0 Å². The summed E-state index contributed by atoms with van der Waals surface area (Å²) in [5.74, 6) is 0.0950. The summed E-state index contributed by atoms with van der Waals surface area (Å²) in [4.78, 5) is 27.8. The number of aromatic amines is 1. The van der Waals surface area contributed by atoms with E-state index in [-0.39, 0.29) is 17.0 Å². The largest absolute Gasteiger partial charge is 0.511 e. The molecule has 7 heteroatoms. The molecule has 104 valence electrons. The normalized spacial score (nSPS) is 18.8. The lowest BCUT2D eigenvalue weighted by molar-refractivity contribution is -0.117. The predicted molar refractivity (Wildman–Crippen MR) is 75.2 cm³/mol. The van der Waals surface area contributed by atoms with Gasteiger partial charge < -0.3 is 10.1 Å². The van der Waals surface area contributed by atoms with E-state index in [9.17, 15) is 9.90 Å². The zero-order valence-corrected chi connectivity index (χ0v) is 12.0. The Balaban J connectivity index is 1.99. The van der Waals surface area contributed by atoms with Crippen molar-refractivity contribution < 1.29 is 9.90 Å². The lowest BCUT2D eigenvalue weighted by Crippen LogP contribution is -2.24. The van der Waals surface area contributed by atoms with Crippen LogP contribution in [0.3, 0.4) is 0 Å². The summed E-state index contributed by atoms with van der Waals surface area (Å²) in [7, 11) is 0. The molecular weight excluding hydrogens is 276 g/mol. The fraction of sp³-hybridized carbons (Fsp3) is 0.385. The number of nitrogens with zero attached hydrogens (tertiary/aromatic N) is 3. The third-order valence-corrected chi connectivity index (χ3v) is 4.36. The molecule has 3 rings (SSSR count). The van der Waals surface area contributed by atoms with Crippen molar-refractivity contribution in [3.63, 3.8) is 0 Å². The highest BCUT2D eigenvalue weighted by Crippen LogP contribution is 2.42. The summed E-state index contributed by atoms with van der Waals surface area (Å²) in [6.45, 7) is 3.95. The number of ketones is 1. The standard InChI is InChI=1S/C13H14N4O2S/c1-13(2)3-7(18)10(8(19)4-13)20-12-9-11(15-5-14-9)16-6-17-12/h5-6,18H,3-4H2,1-2H3,(H,14,15,16,17). The smallest absolute Gasteiger partial charge is 0.181 e. The monoisotopic (exact) mass is 290 g/mol. The third-order valence-electron chi connectivity index (χ3n) is 3.19. The van der Waals surface area contributed by atoms with Crippen molar-refractivity contribution in [2.75, 3.05) is 0 Å². The average molecular weight is 290 g/mol. The van der Waals surface area contributed by atoms with Crippen LogP contribution in [0.2, 0.25) is 0 Å². The van der Waals surface area contributed by atoms with Crippen LogP contribution in [-0.2, 0) is 4.79 Å². The first-order valence-corrected chi connectivity index (χ1v) is 7.05. The fourth-order valence-electron chi connectivity index (χ4n) is 2.30. The number of Topliss-reactive ketones (excluding diaryl/α,β-unsaturated/α-hetero) is 1. The van der Waals surface area contributed by atoms with E-state index in [1.807, 2.05) is 13.8 Å². The van der Waals surface area contributed by atoms with E-state index < -0.39 is 0 Å². The van der Waals surface area contributed by atoms with Crippen molar-refractivity contribution in [3.05, 3.63) is 23.3 Å². The van der Waals surface area contributed by atoms with Crippen LogP contribution < -0.4 is 0 Å². The SMILES string of the molecule is CC1(C)CC(=O)C(Sc2ncnc3nc[nH]c23)=C(O)C1. The van der Waals surface area contributed by atoms with Gasteiger partial charge in [-0.2, -0.15) is 0 Å². The second kappa shape index (κ2) is 4.59. The Morgan fingerprint density at radius 1 is 1.30 bits per heavy atom. The van der Waals surface area contributed by atoms with Gasteiger partial charge in [-0.3, -0.25) is 4.79 Å². The molecule has 0 unspecified atom stereocenters. The van der Waals surface area contributed by atoms with Crippen LogP contribution in [0.4, 0.5) is 0 Å². The van der Waals surface area contributed by atoms with Crippen LogP contribution in [-0.4, -0.2) is 30.8 Å². The maximum Gasteiger partial charge on any atom is 0.181 e. The lowest BCUT2D eigenvalue weighted by atomic mass is 9.79. The molecular formula is C13H14N4O2S. The molecule has 0 radical (unpaired) electrons. The summed E-state index contributed by atoms with van der Waals surface area (Å²) >= 11 is 1.17. The van der Waals surface area contributed by atoms with Gasteiger partial charge in [0.15, 0.2) is 11.4 Å². The summed E-state index contributed by atoms with van der Waals surface area (Å²) < 4.78 is 0. The van der Waals surface area contributed by atoms with Crippen LogP contribution in [0.15, 0.2) is 28.3 Å². The van der Waals surface area contributed by atoms with Crippen LogP contribution in [0.5, 0.6) is 0 Å². The van der Waals surface area contributed by atoms with Gasteiger partial charge in [0.25, 0.3) is 0 Å². The minimum Gasteiger partial charge on any atom is -0.511 e. The van der Waals surface area contributed by atoms with Crippen molar-refractivity contribution >= 4 is 28.7 Å². The van der Waals surface area contributed by atoms with Gasteiger partial charge in [-0.1, -0.05) is 25.6 Å². The number of H-pyrrole nitrogens is 1. The molecule has 1 aliphatic rings. The van der Waals surface area contributed by atoms with Gasteiger partial charge in [0.1, 0.15) is 22.6 Å². The first-order chi connectivity index (χ1) is 9.46. The van der Waals surface area contributed by atoms with Crippen LogP contribution in [0.1, 0.15) is 26.7 Å². The number of thioether (sulfide) groups is 1. The molecule has 1 aliphatic carbocycles. The molecule has 2 aromatic rings. The van der Waals surface area contributed by atoms with Gasteiger partial charge in [-0.25, -0.2) is 15.0 Å². The van der Waals surface area contributed by atoms with Gasteiger partial charge >= 0.3 is 0 Å². The van der Waals surface area contributed by atoms with Crippen LogP contribution in [0, 0.1) is 5.41 Å². The summed E-state index contributed by atoms with van der Waals surface area (Å²) in [6.07, 6.45) is 3.86. The number of aliphatic hydroxyl groups is 1. The second-order valence-electron chi connectivity index (χ2n) is 5.60. The van der Waals surface area contributed by atoms with E-state index in [2.05, 4.69) is 19.9 Å². The number of aliphatic hydroxyl groups excluding tert-OH is 1. The molecule has 20 heavy (non-hydrogen) atoms. The highest BCUT2D eigenvalue weighted by atomic mass is 32.2. The molecule has 0 aliphatic heterocycles. The first-order valence-electron chi connectivity index (χ1n) is 6.23. The number of hydrogen-bond acceptors (Lipinski definition) is 6. The number of allylic oxidation sites excluding steroid dienone is 2. The summed E-state index contributed by atoms with van der Waals surface area (Å²) in [6, 6.07) is 0. The molecule has 2 heterocycles. The van der Waals surface area contributed by atoms with Gasteiger partial charge in [0.05, 0.1) is 11.2 Å². The first kappa shape index (κ1) is 13.1. The molecule has 0 aromatic carbocycles. The molecule has 0 saturated carbocycles. The summed E-state index contributed by atoms with van der Waals surface area (Å²) in [5, 5.41) is 10.7. The van der Waals surface area contributed by atoms with Crippen molar-refractivity contribution in [2.24, 2.45) is 5.41 Å². The van der Waals surface area contributed by atoms with Crippen molar-refractivity contribution in [1.82, 2.24) is 19.9 Å². The lowest BCUT2D eigenvalue weighted by Gasteiger charge is -2.29. The van der Waals surface area contributed by atoms with Gasteiger partial charge in [-0.05, 0) is 5.41 Å². The molecule has 2 N–H and O–H groups in total. The van der Waals surface area contributed by atoms with E-state index in [0.29, 0.717) is 33.9 Å². The Bertz CT molecular complexity index is 720. The Hall–Kier alpha value is -1.89. The van der Waals surface area contributed by atoms with Crippen molar-refractivity contribution in [1.29, 1.82) is 0 Å². The minimum atomic E-state index is -0.194. The molecule has 2 aromatic heterocycles. The van der Waals surface area contributed by atoms with E-state index in [0.717, 1.165) is 0 Å². The Kier molecular flexibility index (Phi) is 3.01. The number of imidazole rings is 1. The van der Waals surface area contributed by atoms with E-state index in [1.54, 1.807) is 0 Å². The Labute approximate surface area is 119 Å². The number of carbonyl (C=O) groups excluding carboxylic acids is 1. The number of hydrogen-bond donors (Lipinski definition) is 2. The predicted octanol–water partition coefficient (Wildman–Crippen LogP) is 2.60. The fourth-order valence-corrected chi connectivity index (χ4v) is 3.23. The molecule has 0 fully saturated rings. The third kappa shape index (κ3) is 2.29. The maximum absolute atomic E-state index is 12.2. The second-order valence-corrected chi connectivity index (χ2v) is 6.60. The van der Waals surface area contributed by atoms with Crippen molar-refractivity contribution in [2.45, 2.75) is 31.7 Å². The maximum atomic E-state index is 12.2. The number of aromatic nitrogens is 4. The Morgan fingerprint density at radius 3 is 2.85 bits per heavy atom. The van der Waals surface area contributed by atoms with E-state index in [4.69, 9.17) is 0 Å². The zero-order chi connectivity index (χ0) is 14.3.